The molecule has 1 aromatic rings. The lowest BCUT2D eigenvalue weighted by Gasteiger charge is -2.20. The van der Waals surface area contributed by atoms with Gasteiger partial charge in [0.15, 0.2) is 0 Å². The van der Waals surface area contributed by atoms with Crippen molar-refractivity contribution in [1.82, 2.24) is 0 Å². The van der Waals surface area contributed by atoms with Crippen molar-refractivity contribution in [3.8, 4) is 0 Å². The number of aliphatic imine (C=N–C) groups is 1. The second-order valence-corrected chi connectivity index (χ2v) is 6.33. The summed E-state index contributed by atoms with van der Waals surface area (Å²) in [5.74, 6) is 0. The van der Waals surface area contributed by atoms with Gasteiger partial charge < -0.3 is 0 Å². The minimum Gasteiger partial charge on any atom is -0.270 e. The summed E-state index contributed by atoms with van der Waals surface area (Å²) in [6.45, 7) is 6.01. The molecule has 0 unspecified atom stereocenters. The molecule has 0 aromatic heterocycles. The molecule has 1 heterocycles. The zero-order chi connectivity index (χ0) is 12.8. The van der Waals surface area contributed by atoms with Crippen LogP contribution in [0.1, 0.15) is 26.3 Å². The van der Waals surface area contributed by atoms with Gasteiger partial charge in [-0.05, 0) is 30.7 Å². The van der Waals surface area contributed by atoms with E-state index in [0.717, 1.165) is 24.1 Å². The molecular weight excluding hydrogens is 238 g/mol. The maximum Gasteiger partial charge on any atom is 0.296 e. The molecule has 1 aliphatic rings. The molecule has 0 radical (unpaired) electrons. The standard InChI is InChI=1S/C12H15NO3S/c1-8-12(2,3)10-7-9(17(14,15)16-4)5-6-11(10)13-8/h5-7H,1-4H3. The van der Waals surface area contributed by atoms with Crippen molar-refractivity contribution in [2.75, 3.05) is 7.11 Å². The topological polar surface area (TPSA) is 55.7 Å². The summed E-state index contributed by atoms with van der Waals surface area (Å²) < 4.78 is 27.8. The number of nitrogens with zero attached hydrogens (tertiary/aromatic N) is 1. The maximum atomic E-state index is 11.6. The van der Waals surface area contributed by atoms with Crippen LogP contribution in [0.2, 0.25) is 0 Å². The quantitative estimate of drug-likeness (QED) is 0.760. The van der Waals surface area contributed by atoms with Crippen LogP contribution in [0.5, 0.6) is 0 Å². The molecule has 92 valence electrons. The summed E-state index contributed by atoms with van der Waals surface area (Å²) in [5.41, 5.74) is 2.52. The van der Waals surface area contributed by atoms with E-state index < -0.39 is 10.1 Å². The van der Waals surface area contributed by atoms with Crippen molar-refractivity contribution >= 4 is 21.5 Å². The van der Waals surface area contributed by atoms with Gasteiger partial charge in [-0.2, -0.15) is 8.42 Å². The van der Waals surface area contributed by atoms with E-state index in [9.17, 15) is 8.42 Å². The third-order valence-electron chi connectivity index (χ3n) is 3.34. The lowest BCUT2D eigenvalue weighted by Crippen LogP contribution is -2.23. The Kier molecular flexibility index (Phi) is 2.63. The van der Waals surface area contributed by atoms with Gasteiger partial charge in [0.2, 0.25) is 0 Å². The first-order valence-corrected chi connectivity index (χ1v) is 6.71. The van der Waals surface area contributed by atoms with E-state index in [2.05, 4.69) is 9.18 Å². The maximum absolute atomic E-state index is 11.6. The molecule has 1 aromatic carbocycles. The first-order chi connectivity index (χ1) is 7.79. The molecule has 0 spiro atoms. The Balaban J connectivity index is 2.61. The monoisotopic (exact) mass is 253 g/mol. The summed E-state index contributed by atoms with van der Waals surface area (Å²) in [6, 6.07) is 4.89. The molecule has 0 aliphatic carbocycles. The number of hydrogen-bond donors (Lipinski definition) is 0. The van der Waals surface area contributed by atoms with Gasteiger partial charge in [-0.1, -0.05) is 13.8 Å². The highest BCUT2D eigenvalue weighted by atomic mass is 32.2. The van der Waals surface area contributed by atoms with Crippen LogP contribution in [0, 0.1) is 0 Å². The van der Waals surface area contributed by atoms with Gasteiger partial charge >= 0.3 is 0 Å². The van der Waals surface area contributed by atoms with Crippen molar-refractivity contribution in [2.45, 2.75) is 31.1 Å². The first-order valence-electron chi connectivity index (χ1n) is 5.30. The molecular formula is C12H15NO3S. The summed E-state index contributed by atoms with van der Waals surface area (Å²) in [7, 11) is -2.48. The summed E-state index contributed by atoms with van der Waals surface area (Å²) in [5, 5.41) is 0. The Morgan fingerprint density at radius 2 is 1.94 bits per heavy atom. The zero-order valence-corrected chi connectivity index (χ0v) is 11.1. The predicted octanol–water partition coefficient (Wildman–Crippen LogP) is 2.41. The molecule has 0 amide bonds. The largest absolute Gasteiger partial charge is 0.296 e. The van der Waals surface area contributed by atoms with Crippen molar-refractivity contribution in [3.63, 3.8) is 0 Å². The zero-order valence-electron chi connectivity index (χ0n) is 10.3. The molecule has 17 heavy (non-hydrogen) atoms. The molecule has 0 atom stereocenters. The van der Waals surface area contributed by atoms with Gasteiger partial charge in [-0.15, -0.1) is 0 Å². The summed E-state index contributed by atoms with van der Waals surface area (Å²) in [6.07, 6.45) is 0. The summed E-state index contributed by atoms with van der Waals surface area (Å²) in [4.78, 5) is 4.61. The lowest BCUT2D eigenvalue weighted by molar-refractivity contribution is 0.397. The van der Waals surface area contributed by atoms with E-state index in [4.69, 9.17) is 0 Å². The Morgan fingerprint density at radius 1 is 1.29 bits per heavy atom. The fraction of sp³-hybridized carbons (Fsp3) is 0.417. The van der Waals surface area contributed by atoms with E-state index in [-0.39, 0.29) is 10.3 Å². The molecule has 0 saturated heterocycles. The highest BCUT2D eigenvalue weighted by Gasteiger charge is 2.33. The van der Waals surface area contributed by atoms with Crippen LogP contribution in [0.15, 0.2) is 28.1 Å². The number of benzene rings is 1. The Bertz CT molecular complexity index is 600. The second kappa shape index (κ2) is 3.65. The van der Waals surface area contributed by atoms with E-state index in [1.165, 1.54) is 6.07 Å². The molecule has 0 N–H and O–H groups in total. The Labute approximate surface area is 101 Å². The van der Waals surface area contributed by atoms with Crippen LogP contribution in [0.25, 0.3) is 0 Å². The van der Waals surface area contributed by atoms with Gasteiger partial charge in [-0.25, -0.2) is 0 Å². The predicted molar refractivity (Wildman–Crippen MR) is 66.4 cm³/mol. The van der Waals surface area contributed by atoms with Crippen molar-refractivity contribution in [2.24, 2.45) is 4.99 Å². The molecule has 0 bridgehead atoms. The van der Waals surface area contributed by atoms with Gasteiger partial charge in [-0.3, -0.25) is 9.18 Å². The van der Waals surface area contributed by atoms with Gasteiger partial charge in [0.25, 0.3) is 10.1 Å². The number of fused-ring (bicyclic) bond motifs is 1. The van der Waals surface area contributed by atoms with Crippen LogP contribution in [-0.4, -0.2) is 21.2 Å². The molecule has 0 saturated carbocycles. The molecule has 1 aliphatic heterocycles. The Hall–Kier alpha value is -1.20. The second-order valence-electron chi connectivity index (χ2n) is 4.62. The van der Waals surface area contributed by atoms with Gasteiger partial charge in [0, 0.05) is 11.1 Å². The third-order valence-corrected chi connectivity index (χ3v) is 4.61. The van der Waals surface area contributed by atoms with Crippen molar-refractivity contribution in [1.29, 1.82) is 0 Å². The fourth-order valence-corrected chi connectivity index (χ4v) is 2.57. The average molecular weight is 253 g/mol. The normalized spacial score (nSPS) is 17.8. The van der Waals surface area contributed by atoms with Gasteiger partial charge in [0.1, 0.15) is 0 Å². The minimum atomic E-state index is -3.64. The van der Waals surface area contributed by atoms with E-state index >= 15 is 0 Å². The van der Waals surface area contributed by atoms with Crippen LogP contribution in [-0.2, 0) is 19.7 Å². The highest BCUT2D eigenvalue weighted by Crippen LogP contribution is 2.40. The number of rotatable bonds is 2. The van der Waals surface area contributed by atoms with Crippen LogP contribution >= 0.6 is 0 Å². The van der Waals surface area contributed by atoms with E-state index in [1.807, 2.05) is 20.8 Å². The molecule has 5 heteroatoms. The van der Waals surface area contributed by atoms with Crippen LogP contribution in [0.3, 0.4) is 0 Å². The molecule has 0 fully saturated rings. The smallest absolute Gasteiger partial charge is 0.270 e. The van der Waals surface area contributed by atoms with Crippen molar-refractivity contribution in [3.05, 3.63) is 23.8 Å². The Morgan fingerprint density at radius 3 is 2.53 bits per heavy atom. The lowest BCUT2D eigenvalue weighted by atomic mass is 9.82. The molecule has 2 rings (SSSR count). The van der Waals surface area contributed by atoms with Crippen LogP contribution in [0.4, 0.5) is 5.69 Å². The summed E-state index contributed by atoms with van der Waals surface area (Å²) >= 11 is 0. The minimum absolute atomic E-state index is 0.178. The average Bonchev–Trinajstić information content (AvgIpc) is 2.50. The highest BCUT2D eigenvalue weighted by molar-refractivity contribution is 7.86. The van der Waals surface area contributed by atoms with Crippen molar-refractivity contribution < 1.29 is 12.6 Å². The third kappa shape index (κ3) is 1.79. The van der Waals surface area contributed by atoms with Crippen LogP contribution < -0.4 is 0 Å². The first kappa shape index (κ1) is 12.3. The number of hydrogen-bond acceptors (Lipinski definition) is 4. The fourth-order valence-electron chi connectivity index (χ4n) is 1.88. The van der Waals surface area contributed by atoms with Gasteiger partial charge in [0.05, 0.1) is 17.7 Å². The SMILES string of the molecule is COS(=O)(=O)c1ccc2c(c1)C(C)(C)C(C)=N2. The van der Waals surface area contributed by atoms with E-state index in [1.54, 1.807) is 12.1 Å². The molecule has 4 nitrogen and oxygen atoms in total. The van der Waals surface area contributed by atoms with E-state index in [0.29, 0.717) is 0 Å².